The molecular formula is C52H80O6S4. The summed E-state index contributed by atoms with van der Waals surface area (Å²) in [7, 11) is 3.40. The Morgan fingerprint density at radius 2 is 0.790 bits per heavy atom. The van der Waals surface area contributed by atoms with E-state index in [0.717, 1.165) is 24.3 Å². The van der Waals surface area contributed by atoms with Crippen molar-refractivity contribution in [1.82, 2.24) is 0 Å². The van der Waals surface area contributed by atoms with Gasteiger partial charge in [-0.05, 0) is 84.0 Å². The lowest BCUT2D eigenvalue weighted by Crippen LogP contribution is -2.09. The van der Waals surface area contributed by atoms with Gasteiger partial charge in [0.25, 0.3) is 0 Å². The normalized spacial score (nSPS) is 11.7. The van der Waals surface area contributed by atoms with Crippen LogP contribution in [0.4, 0.5) is 0 Å². The van der Waals surface area contributed by atoms with Gasteiger partial charge in [0.15, 0.2) is 0 Å². The van der Waals surface area contributed by atoms with Crippen LogP contribution in [0.15, 0.2) is 35.0 Å². The van der Waals surface area contributed by atoms with Crippen molar-refractivity contribution in [2.75, 3.05) is 67.1 Å². The molecule has 0 aromatic carbocycles. The molecule has 0 bridgehead atoms. The highest BCUT2D eigenvalue weighted by atomic mass is 32.1. The van der Waals surface area contributed by atoms with E-state index in [4.69, 9.17) is 28.4 Å². The Hall–Kier alpha value is -2.02. The van der Waals surface area contributed by atoms with Gasteiger partial charge in [0.2, 0.25) is 0 Å². The van der Waals surface area contributed by atoms with Gasteiger partial charge in [0.05, 0.1) is 49.4 Å². The second-order valence-electron chi connectivity index (χ2n) is 16.3. The highest BCUT2D eigenvalue weighted by Gasteiger charge is 2.17. The topological polar surface area (TPSA) is 55.4 Å². The van der Waals surface area contributed by atoms with Gasteiger partial charge in [0, 0.05) is 33.7 Å². The number of hydrogen-bond donors (Lipinski definition) is 0. The van der Waals surface area contributed by atoms with Crippen molar-refractivity contribution in [2.24, 2.45) is 0 Å². The van der Waals surface area contributed by atoms with E-state index in [1.165, 1.54) is 169 Å². The minimum absolute atomic E-state index is 0.527. The summed E-state index contributed by atoms with van der Waals surface area (Å²) >= 11 is 7.36. The molecule has 4 heterocycles. The van der Waals surface area contributed by atoms with Crippen molar-refractivity contribution in [1.29, 1.82) is 0 Å². The largest absolute Gasteiger partial charge is 0.490 e. The van der Waals surface area contributed by atoms with Crippen LogP contribution in [-0.2, 0) is 31.8 Å². The van der Waals surface area contributed by atoms with Crippen LogP contribution in [0.3, 0.4) is 0 Å². The summed E-state index contributed by atoms with van der Waals surface area (Å²) in [6.07, 6.45) is 34.0. The van der Waals surface area contributed by atoms with E-state index in [1.54, 1.807) is 36.9 Å². The third-order valence-corrected chi connectivity index (χ3v) is 15.6. The summed E-state index contributed by atoms with van der Waals surface area (Å²) in [4.78, 5) is 7.75. The number of thiophene rings is 4. The van der Waals surface area contributed by atoms with Crippen molar-refractivity contribution in [3.63, 3.8) is 0 Å². The average molecular weight is 929 g/mol. The van der Waals surface area contributed by atoms with Crippen LogP contribution in [0.2, 0.25) is 0 Å². The van der Waals surface area contributed by atoms with E-state index >= 15 is 0 Å². The minimum Gasteiger partial charge on any atom is -0.490 e. The Balaban J connectivity index is 1.49. The number of methoxy groups -OCH3 is 2. The van der Waals surface area contributed by atoms with Gasteiger partial charge in [0.1, 0.15) is 24.7 Å². The lowest BCUT2D eigenvalue weighted by Gasteiger charge is -2.07. The number of aryl methyl sites for hydroxylation is 2. The zero-order valence-corrected chi connectivity index (χ0v) is 42.2. The summed E-state index contributed by atoms with van der Waals surface area (Å²) in [6.45, 7) is 9.11. The molecule has 0 unspecified atom stereocenters. The molecule has 0 radical (unpaired) electrons. The van der Waals surface area contributed by atoms with E-state index in [0.29, 0.717) is 52.9 Å². The molecular weight excluding hydrogens is 849 g/mol. The first-order chi connectivity index (χ1) is 30.7. The van der Waals surface area contributed by atoms with Gasteiger partial charge in [-0.15, -0.1) is 45.3 Å². The summed E-state index contributed by atoms with van der Waals surface area (Å²) < 4.78 is 34.2. The molecule has 4 aromatic heterocycles. The van der Waals surface area contributed by atoms with Crippen molar-refractivity contribution >= 4 is 57.5 Å². The number of unbranched alkanes of at least 4 members (excludes halogenated alkanes) is 18. The second-order valence-corrected chi connectivity index (χ2v) is 20.3. The van der Waals surface area contributed by atoms with Crippen molar-refractivity contribution in [3.05, 3.63) is 55.9 Å². The fourth-order valence-electron chi connectivity index (χ4n) is 7.63. The molecule has 0 saturated heterocycles. The molecule has 62 heavy (non-hydrogen) atoms. The van der Waals surface area contributed by atoms with E-state index in [-0.39, 0.29) is 0 Å². The fraction of sp³-hybridized carbons (Fsp3) is 0.654. The zero-order valence-electron chi connectivity index (χ0n) is 38.9. The van der Waals surface area contributed by atoms with Crippen LogP contribution in [0.5, 0.6) is 11.5 Å². The molecule has 0 amide bonds. The van der Waals surface area contributed by atoms with E-state index in [9.17, 15) is 0 Å². The van der Waals surface area contributed by atoms with Gasteiger partial charge in [-0.2, -0.15) is 0 Å². The Morgan fingerprint density at radius 1 is 0.435 bits per heavy atom. The Bertz CT molecular complexity index is 1580. The Labute approximate surface area is 392 Å². The number of rotatable bonds is 40. The maximum Gasteiger partial charge on any atom is 0.138 e. The van der Waals surface area contributed by atoms with Crippen LogP contribution in [0.1, 0.15) is 163 Å². The van der Waals surface area contributed by atoms with Crippen molar-refractivity contribution in [3.8, 4) is 31.0 Å². The van der Waals surface area contributed by atoms with Crippen LogP contribution in [-0.4, -0.2) is 67.1 Å². The first-order valence-corrected chi connectivity index (χ1v) is 27.6. The molecule has 0 saturated carbocycles. The van der Waals surface area contributed by atoms with Gasteiger partial charge in [-0.25, -0.2) is 0 Å². The zero-order chi connectivity index (χ0) is 43.7. The highest BCUT2D eigenvalue weighted by molar-refractivity contribution is 7.23. The lowest BCUT2D eigenvalue weighted by atomic mass is 10.0. The standard InChI is InChI=1S/C52H80O6S4/c1-5-7-9-11-13-15-17-19-21-23-25-43-41-49(51-45(29-39-59-51)57-37-35-55-33-31-53-3)61-47(43)27-28-48-44(26-24-22-20-18-16-14-12-10-8-6-2)42-50(62-48)52-46(30-40-60-52)58-38-36-56-34-32-54-4/h27-30,39-42H,5-26,31-38H2,1-4H3/b28-27+. The Kier molecular flexibility index (Phi) is 29.1. The predicted octanol–water partition coefficient (Wildman–Crippen LogP) is 16.4. The maximum atomic E-state index is 6.27. The smallest absolute Gasteiger partial charge is 0.138 e. The third kappa shape index (κ3) is 20.9. The molecule has 6 nitrogen and oxygen atoms in total. The second kappa shape index (κ2) is 34.3. The SMILES string of the molecule is CCCCCCCCCCCCc1cc(-c2sccc2OCCOCCOC)sc1/C=C/c1sc(-c2sccc2OCCOCCOC)cc1CCCCCCCCCCCC. The molecule has 10 heteroatoms. The van der Waals surface area contributed by atoms with Crippen LogP contribution < -0.4 is 9.47 Å². The van der Waals surface area contributed by atoms with Crippen LogP contribution >= 0.6 is 45.3 Å². The van der Waals surface area contributed by atoms with Crippen molar-refractivity contribution < 1.29 is 28.4 Å². The summed E-state index contributed by atoms with van der Waals surface area (Å²) in [5.74, 6) is 1.90. The quantitative estimate of drug-likeness (QED) is 0.0414. The predicted molar refractivity (Wildman–Crippen MR) is 272 cm³/mol. The first kappa shape index (κ1) is 52.6. The van der Waals surface area contributed by atoms with Gasteiger partial charge < -0.3 is 28.4 Å². The van der Waals surface area contributed by atoms with Gasteiger partial charge in [-0.3, -0.25) is 0 Å². The van der Waals surface area contributed by atoms with Crippen LogP contribution in [0.25, 0.3) is 31.7 Å². The molecule has 0 spiro atoms. The maximum absolute atomic E-state index is 6.27. The molecule has 4 rings (SSSR count). The van der Waals surface area contributed by atoms with Gasteiger partial charge in [-0.1, -0.05) is 129 Å². The van der Waals surface area contributed by atoms with Gasteiger partial charge >= 0.3 is 0 Å². The molecule has 0 aliphatic rings. The lowest BCUT2D eigenvalue weighted by molar-refractivity contribution is 0.0546. The van der Waals surface area contributed by atoms with Crippen molar-refractivity contribution in [2.45, 2.75) is 155 Å². The summed E-state index contributed by atoms with van der Waals surface area (Å²) in [5.41, 5.74) is 2.91. The van der Waals surface area contributed by atoms with E-state index in [1.807, 2.05) is 22.7 Å². The highest BCUT2D eigenvalue weighted by Crippen LogP contribution is 2.44. The fourth-order valence-corrected chi connectivity index (χ4v) is 11.8. The Morgan fingerprint density at radius 3 is 1.16 bits per heavy atom. The molecule has 0 aliphatic heterocycles. The first-order valence-electron chi connectivity index (χ1n) is 24.2. The molecule has 348 valence electrons. The summed E-state index contributed by atoms with van der Waals surface area (Å²) in [5, 5.41) is 4.30. The summed E-state index contributed by atoms with van der Waals surface area (Å²) in [6, 6.07) is 9.11. The van der Waals surface area contributed by atoms with Crippen LogP contribution in [0, 0.1) is 0 Å². The molecule has 0 atom stereocenters. The van der Waals surface area contributed by atoms with E-state index in [2.05, 4.69) is 61.0 Å². The molecule has 0 fully saturated rings. The minimum atomic E-state index is 0.527. The number of ether oxygens (including phenoxy) is 6. The number of hydrogen-bond acceptors (Lipinski definition) is 10. The molecule has 4 aromatic rings. The monoisotopic (exact) mass is 928 g/mol. The molecule has 0 aliphatic carbocycles. The average Bonchev–Trinajstić information content (AvgIpc) is 4.11. The van der Waals surface area contributed by atoms with E-state index < -0.39 is 0 Å². The third-order valence-electron chi connectivity index (χ3n) is 11.2. The molecule has 0 N–H and O–H groups in total.